The largest absolute Gasteiger partial charge is 0.412 e. The van der Waals surface area contributed by atoms with Crippen molar-refractivity contribution >= 4 is 118 Å². The Balaban J connectivity index is 0. The summed E-state index contributed by atoms with van der Waals surface area (Å²) in [4.78, 5) is 0. The van der Waals surface area contributed by atoms with Gasteiger partial charge in [0.05, 0.1) is 0 Å². The van der Waals surface area contributed by atoms with Crippen LogP contribution in [0.15, 0.2) is 0 Å². The van der Waals surface area contributed by atoms with Crippen molar-refractivity contribution in [1.29, 1.82) is 0 Å². The first kappa shape index (κ1) is 94.4. The molecule has 0 aliphatic rings. The van der Waals surface area contributed by atoms with Crippen LogP contribution in [0.2, 0.25) is 0 Å². The van der Waals surface area contributed by atoms with Gasteiger partial charge in [-0.25, -0.2) is 0 Å². The minimum Gasteiger partial charge on any atom is -0.412 e. The topological polar surface area (TPSA) is 126 Å². The Labute approximate surface area is 137 Å². The molecule has 0 aliphatic heterocycles. The van der Waals surface area contributed by atoms with Gasteiger partial charge in [0.2, 0.25) is 0 Å². The Kier molecular flexibility index (Phi) is 839. The Hall–Kier alpha value is 3.84. The molecule has 4 nitrogen and oxygen atoms in total. The molecule has 8 N–H and O–H groups in total. The molecule has 0 bridgehead atoms. The van der Waals surface area contributed by atoms with Crippen molar-refractivity contribution in [2.45, 2.75) is 0 Å². The van der Waals surface area contributed by atoms with Crippen molar-refractivity contribution in [3.05, 3.63) is 0 Å². The first-order valence-corrected chi connectivity index (χ1v) is 0. The van der Waals surface area contributed by atoms with Crippen molar-refractivity contribution in [3.8, 4) is 0 Å². The van der Waals surface area contributed by atoms with E-state index >= 15 is 0 Å². The van der Waals surface area contributed by atoms with Gasteiger partial charge in [-0.05, 0) is 0 Å². The Bertz CT molecular complexity index is 8.00. The van der Waals surface area contributed by atoms with E-state index in [-0.39, 0.29) is 140 Å². The van der Waals surface area contributed by atoms with E-state index in [1.807, 2.05) is 0 Å². The average molecular weight is 164 g/mol. The second kappa shape index (κ2) is 71.2. The predicted molar refractivity (Wildman–Crippen MR) is 37.5 cm³/mol. The maximum Gasteiger partial charge on any atom is 0 e. The van der Waals surface area contributed by atoms with Gasteiger partial charge < -0.3 is 21.9 Å². The second-order valence-corrected chi connectivity index (χ2v) is 0. The summed E-state index contributed by atoms with van der Waals surface area (Å²) >= 11 is 0. The molecule has 0 aliphatic carbocycles. The van der Waals surface area contributed by atoms with Crippen LogP contribution in [0.25, 0.3) is 0 Å². The summed E-state index contributed by atoms with van der Waals surface area (Å²) in [6.45, 7) is 0. The molecule has 8 heavy (non-hydrogen) atoms. The van der Waals surface area contributed by atoms with E-state index in [4.69, 9.17) is 0 Å². The van der Waals surface area contributed by atoms with Gasteiger partial charge in [-0.3, -0.25) is 0 Å². The van der Waals surface area contributed by atoms with E-state index < -0.39 is 0 Å². The third-order valence-electron chi connectivity index (χ3n) is 0. The number of hydrogen-bond donors (Lipinski definition) is 0. The van der Waals surface area contributed by atoms with Crippen LogP contribution < -0.4 is 0 Å². The van der Waals surface area contributed by atoms with Crippen LogP contribution in [0.4, 0.5) is 0 Å². The molecule has 0 atom stereocenters. The standard InChI is InChI=1S/4Na.4H2O/h;;;;4*1H2. The fourth-order valence-electron chi connectivity index (χ4n) is 0. The van der Waals surface area contributed by atoms with Gasteiger partial charge in [-0.2, -0.15) is 0 Å². The van der Waals surface area contributed by atoms with E-state index in [0.717, 1.165) is 0 Å². The van der Waals surface area contributed by atoms with Crippen molar-refractivity contribution < 1.29 is 21.9 Å². The van der Waals surface area contributed by atoms with Crippen molar-refractivity contribution in [2.24, 2.45) is 0 Å². The molecule has 0 aromatic carbocycles. The van der Waals surface area contributed by atoms with Gasteiger partial charge >= 0.3 is 0 Å². The normalized spacial score (nSPS) is 0. The second-order valence-electron chi connectivity index (χ2n) is 0. The predicted octanol–water partition coefficient (Wildman–Crippen LogP) is -4.82. The summed E-state index contributed by atoms with van der Waals surface area (Å²) in [5, 5.41) is 0. The maximum absolute atomic E-state index is 0. The van der Waals surface area contributed by atoms with Gasteiger partial charge in [-0.15, -0.1) is 0 Å². The van der Waals surface area contributed by atoms with E-state index in [1.54, 1.807) is 0 Å². The molecule has 0 unspecified atom stereocenters. The van der Waals surface area contributed by atoms with Gasteiger partial charge in [-0.1, -0.05) is 0 Å². The molecule has 0 saturated heterocycles. The molecule has 0 amide bonds. The molecule has 0 fully saturated rings. The van der Waals surface area contributed by atoms with E-state index in [9.17, 15) is 0 Å². The van der Waals surface area contributed by atoms with E-state index in [2.05, 4.69) is 0 Å². The van der Waals surface area contributed by atoms with E-state index in [1.165, 1.54) is 0 Å². The summed E-state index contributed by atoms with van der Waals surface area (Å²) in [7, 11) is 0. The summed E-state index contributed by atoms with van der Waals surface area (Å²) in [5.74, 6) is 0. The zero-order chi connectivity index (χ0) is 0. The van der Waals surface area contributed by atoms with Gasteiger partial charge in [0, 0.05) is 118 Å². The summed E-state index contributed by atoms with van der Waals surface area (Å²) in [6.07, 6.45) is 0. The molecule has 0 spiro atoms. The number of hydrogen-bond acceptors (Lipinski definition) is 0. The van der Waals surface area contributed by atoms with Crippen LogP contribution in [0, 0.1) is 0 Å². The summed E-state index contributed by atoms with van der Waals surface area (Å²) in [5.41, 5.74) is 0. The number of rotatable bonds is 0. The summed E-state index contributed by atoms with van der Waals surface area (Å²) < 4.78 is 0. The molecule has 0 heterocycles. The fraction of sp³-hybridized carbons (Fsp3) is 0. The summed E-state index contributed by atoms with van der Waals surface area (Å²) in [6, 6.07) is 0. The third kappa shape index (κ3) is 52.1. The van der Waals surface area contributed by atoms with Crippen LogP contribution in [0.5, 0.6) is 0 Å². The fourth-order valence-corrected chi connectivity index (χ4v) is 0. The van der Waals surface area contributed by atoms with Crippen LogP contribution in [-0.4, -0.2) is 140 Å². The molecule has 0 aromatic heterocycles. The maximum atomic E-state index is 0. The quantitative estimate of drug-likeness (QED) is 0.318. The van der Waals surface area contributed by atoms with Crippen molar-refractivity contribution in [3.63, 3.8) is 0 Å². The van der Waals surface area contributed by atoms with Gasteiger partial charge in [0.15, 0.2) is 0 Å². The Morgan fingerprint density at radius 1 is 0.250 bits per heavy atom. The van der Waals surface area contributed by atoms with Crippen molar-refractivity contribution in [2.75, 3.05) is 0 Å². The smallest absolute Gasteiger partial charge is 0 e. The first-order chi connectivity index (χ1) is 0. The first-order valence-electron chi connectivity index (χ1n) is 0. The van der Waals surface area contributed by atoms with Crippen LogP contribution in [0.3, 0.4) is 0 Å². The average Bonchev–Trinajstić information content (AvgIpc) is 0. The zero-order valence-electron chi connectivity index (χ0n) is 6.00. The van der Waals surface area contributed by atoms with Gasteiger partial charge in [0.25, 0.3) is 0 Å². The van der Waals surface area contributed by atoms with E-state index in [0.29, 0.717) is 0 Å². The molecule has 0 aromatic rings. The molecule has 0 saturated carbocycles. The molecule has 36 valence electrons. The van der Waals surface area contributed by atoms with Gasteiger partial charge in [0.1, 0.15) is 0 Å². The van der Waals surface area contributed by atoms with Crippen LogP contribution in [-0.2, 0) is 0 Å². The van der Waals surface area contributed by atoms with Crippen LogP contribution >= 0.6 is 0 Å². The monoisotopic (exact) mass is 164 g/mol. The minimum absolute atomic E-state index is 0. The SMILES string of the molecule is O.O.O.O.[Na].[Na].[Na].[Na]. The van der Waals surface area contributed by atoms with Crippen LogP contribution in [0.1, 0.15) is 0 Å². The molecule has 8 heteroatoms. The molecule has 0 rings (SSSR count). The Morgan fingerprint density at radius 3 is 0.250 bits per heavy atom. The zero-order valence-corrected chi connectivity index (χ0v) is 14.0. The molecule has 4 radical (unpaired) electrons. The Morgan fingerprint density at radius 2 is 0.250 bits per heavy atom. The van der Waals surface area contributed by atoms with Crippen molar-refractivity contribution in [1.82, 2.24) is 0 Å². The molecular weight excluding hydrogens is 156 g/mol. The third-order valence-corrected chi connectivity index (χ3v) is 0. The molecular formula is H8Na4O4. The minimum atomic E-state index is 0.